The molecule has 0 N–H and O–H groups in total. The van der Waals surface area contributed by atoms with Crippen LogP contribution in [-0.2, 0) is 9.84 Å². The molecule has 3 nitrogen and oxygen atoms in total. The zero-order chi connectivity index (χ0) is 14.8. The number of rotatable bonds is 3. The fourth-order valence-corrected chi connectivity index (χ4v) is 3.54. The average Bonchev–Trinajstić information content (AvgIpc) is 2.42. The maximum Gasteiger partial charge on any atom is 0.397 e. The summed E-state index contributed by atoms with van der Waals surface area (Å²) in [6, 6.07) is 13.6. The Kier molecular flexibility index (Phi) is 4.26. The molecule has 0 bridgehead atoms. The SMILES string of the molecule is C#[N+]C(c1ccc(Br)cc1)S(=O)(=O)c1ccc(C)cc1. The summed E-state index contributed by atoms with van der Waals surface area (Å²) in [5.41, 5.74) is 1.53. The Labute approximate surface area is 127 Å². The Bertz CT molecular complexity index is 744. The van der Waals surface area contributed by atoms with E-state index >= 15 is 0 Å². The fourth-order valence-electron chi connectivity index (χ4n) is 1.83. The van der Waals surface area contributed by atoms with Crippen molar-refractivity contribution in [2.24, 2.45) is 0 Å². The summed E-state index contributed by atoms with van der Waals surface area (Å²) in [6.07, 6.45) is 0. The van der Waals surface area contributed by atoms with Gasteiger partial charge >= 0.3 is 5.37 Å². The van der Waals surface area contributed by atoms with Crippen LogP contribution in [0, 0.1) is 13.5 Å². The largest absolute Gasteiger partial charge is 0.397 e. The molecule has 0 fully saturated rings. The van der Waals surface area contributed by atoms with E-state index in [2.05, 4.69) is 20.8 Å². The zero-order valence-electron chi connectivity index (χ0n) is 10.8. The molecule has 0 heterocycles. The van der Waals surface area contributed by atoms with Gasteiger partial charge in [0.1, 0.15) is 0 Å². The van der Waals surface area contributed by atoms with Crippen LogP contribution >= 0.6 is 15.9 Å². The maximum absolute atomic E-state index is 12.6. The van der Waals surface area contributed by atoms with Crippen molar-refractivity contribution in [1.29, 1.82) is 0 Å². The highest BCUT2D eigenvalue weighted by Crippen LogP contribution is 2.31. The molecule has 2 aromatic rings. The van der Waals surface area contributed by atoms with E-state index < -0.39 is 15.2 Å². The van der Waals surface area contributed by atoms with Gasteiger partial charge in [0.15, 0.2) is 0 Å². The third-order valence-corrected chi connectivity index (χ3v) is 5.37. The van der Waals surface area contributed by atoms with Crippen molar-refractivity contribution in [3.63, 3.8) is 0 Å². The number of aryl methyl sites for hydroxylation is 1. The second-order valence-electron chi connectivity index (χ2n) is 4.41. The first-order valence-electron chi connectivity index (χ1n) is 5.91. The lowest BCUT2D eigenvalue weighted by molar-refractivity contribution is 0.590. The molecular weight excluding hydrogens is 338 g/mol. The third kappa shape index (κ3) is 2.92. The van der Waals surface area contributed by atoms with Gasteiger partial charge in [-0.05, 0) is 43.3 Å². The molecule has 0 aromatic heterocycles. The van der Waals surface area contributed by atoms with Crippen LogP contribution in [0.25, 0.3) is 4.85 Å². The summed E-state index contributed by atoms with van der Waals surface area (Å²) in [6.45, 7) is 7.23. The Morgan fingerprint density at radius 2 is 1.60 bits per heavy atom. The summed E-state index contributed by atoms with van der Waals surface area (Å²) >= 11 is 3.31. The summed E-state index contributed by atoms with van der Waals surface area (Å²) in [5.74, 6) is 0. The Balaban J connectivity index is 2.48. The molecule has 5 heteroatoms. The smallest absolute Gasteiger partial charge is 0.215 e. The third-order valence-electron chi connectivity index (χ3n) is 2.93. The standard InChI is InChI=1S/C15H13BrNO2S/c1-11-3-9-14(10-4-11)20(18,19)15(17-2)12-5-7-13(16)8-6-12/h2-10,15H,1H3/q+1. The Hall–Kier alpha value is -1.64. The topological polar surface area (TPSA) is 38.5 Å². The van der Waals surface area contributed by atoms with Crippen molar-refractivity contribution < 1.29 is 8.42 Å². The molecule has 0 saturated heterocycles. The summed E-state index contributed by atoms with van der Waals surface area (Å²) < 4.78 is 26.0. The molecule has 0 aliphatic carbocycles. The van der Waals surface area contributed by atoms with Gasteiger partial charge in [0.2, 0.25) is 0 Å². The van der Waals surface area contributed by atoms with Crippen LogP contribution in [0.2, 0.25) is 0 Å². The van der Waals surface area contributed by atoms with Crippen molar-refractivity contribution in [2.45, 2.75) is 17.2 Å². The van der Waals surface area contributed by atoms with E-state index in [0.717, 1.165) is 10.0 Å². The maximum atomic E-state index is 12.6. The molecule has 0 aliphatic heterocycles. The van der Waals surface area contributed by atoms with Crippen molar-refractivity contribution in [1.82, 2.24) is 0 Å². The average molecular weight is 351 g/mol. The summed E-state index contributed by atoms with van der Waals surface area (Å²) in [7, 11) is -3.64. The minimum Gasteiger partial charge on any atom is -0.215 e. The second kappa shape index (κ2) is 5.78. The molecule has 0 radical (unpaired) electrons. The van der Waals surface area contributed by atoms with Crippen molar-refractivity contribution in [2.75, 3.05) is 0 Å². The highest BCUT2D eigenvalue weighted by Gasteiger charge is 2.37. The number of hydrogen-bond donors (Lipinski definition) is 0. The van der Waals surface area contributed by atoms with Gasteiger partial charge < -0.3 is 0 Å². The van der Waals surface area contributed by atoms with Gasteiger partial charge in [0.25, 0.3) is 16.4 Å². The molecule has 1 unspecified atom stereocenters. The highest BCUT2D eigenvalue weighted by atomic mass is 79.9. The zero-order valence-corrected chi connectivity index (χ0v) is 13.2. The summed E-state index contributed by atoms with van der Waals surface area (Å²) in [4.78, 5) is 3.77. The van der Waals surface area contributed by atoms with Crippen molar-refractivity contribution >= 4 is 25.8 Å². The van der Waals surface area contributed by atoms with Crippen LogP contribution in [0.3, 0.4) is 0 Å². The Morgan fingerprint density at radius 3 is 2.10 bits per heavy atom. The number of hydrogen-bond acceptors (Lipinski definition) is 2. The molecule has 1 atom stereocenters. The second-order valence-corrected chi connectivity index (χ2v) is 7.33. The van der Waals surface area contributed by atoms with Gasteiger partial charge in [-0.2, -0.15) is 0 Å². The summed E-state index contributed by atoms with van der Waals surface area (Å²) in [5, 5.41) is -1.10. The van der Waals surface area contributed by atoms with Gasteiger partial charge in [-0.25, -0.2) is 8.42 Å². The van der Waals surface area contributed by atoms with E-state index in [1.807, 2.05) is 6.92 Å². The van der Waals surface area contributed by atoms with Crippen LogP contribution in [0.1, 0.15) is 16.5 Å². The molecule has 2 aromatic carbocycles. The highest BCUT2D eigenvalue weighted by molar-refractivity contribution is 9.10. The van der Waals surface area contributed by atoms with Crippen LogP contribution in [-0.4, -0.2) is 8.42 Å². The van der Waals surface area contributed by atoms with Gasteiger partial charge in [0.05, 0.1) is 10.5 Å². The van der Waals surface area contributed by atoms with Gasteiger partial charge in [-0.15, -0.1) is 0 Å². The number of benzene rings is 2. The number of halogens is 1. The first kappa shape index (κ1) is 14.8. The van der Waals surface area contributed by atoms with Crippen molar-refractivity contribution in [3.05, 3.63) is 69.0 Å². The number of sulfone groups is 1. The fraction of sp³-hybridized carbons (Fsp3) is 0.133. The van der Waals surface area contributed by atoms with Gasteiger partial charge in [-0.1, -0.05) is 38.5 Å². The minimum atomic E-state index is -3.64. The first-order chi connectivity index (χ1) is 9.45. The molecular formula is C15H13BrNO2S+. The lowest BCUT2D eigenvalue weighted by atomic mass is 10.2. The van der Waals surface area contributed by atoms with Crippen LogP contribution in [0.15, 0.2) is 57.9 Å². The molecule has 0 aliphatic rings. The predicted octanol–water partition coefficient (Wildman–Crippen LogP) is 4.19. The monoisotopic (exact) mass is 350 g/mol. The van der Waals surface area contributed by atoms with Crippen LogP contribution < -0.4 is 0 Å². The molecule has 102 valence electrons. The molecule has 2 rings (SSSR count). The molecule has 0 saturated carbocycles. The van der Waals surface area contributed by atoms with Crippen LogP contribution in [0.4, 0.5) is 0 Å². The van der Waals surface area contributed by atoms with Gasteiger partial charge in [-0.3, -0.25) is 0 Å². The normalized spacial score (nSPS) is 12.7. The van der Waals surface area contributed by atoms with E-state index in [4.69, 9.17) is 6.57 Å². The van der Waals surface area contributed by atoms with E-state index in [1.54, 1.807) is 48.5 Å². The van der Waals surface area contributed by atoms with E-state index in [0.29, 0.717) is 5.56 Å². The predicted molar refractivity (Wildman–Crippen MR) is 83.6 cm³/mol. The van der Waals surface area contributed by atoms with Gasteiger partial charge in [0, 0.05) is 4.47 Å². The minimum absolute atomic E-state index is 0.213. The van der Waals surface area contributed by atoms with Crippen molar-refractivity contribution in [3.8, 4) is 6.57 Å². The van der Waals surface area contributed by atoms with E-state index in [1.165, 1.54) is 0 Å². The van der Waals surface area contributed by atoms with E-state index in [9.17, 15) is 8.42 Å². The lowest BCUT2D eigenvalue weighted by Gasteiger charge is -2.06. The van der Waals surface area contributed by atoms with Crippen LogP contribution in [0.5, 0.6) is 0 Å². The quantitative estimate of drug-likeness (QED) is 0.832. The first-order valence-corrected chi connectivity index (χ1v) is 8.25. The molecule has 20 heavy (non-hydrogen) atoms. The lowest BCUT2D eigenvalue weighted by Crippen LogP contribution is -2.10. The molecule has 0 amide bonds. The molecule has 0 spiro atoms. The number of nitrogens with zero attached hydrogens (tertiary/aromatic N) is 1. The van der Waals surface area contributed by atoms with E-state index in [-0.39, 0.29) is 4.90 Å². The Morgan fingerprint density at radius 1 is 1.05 bits per heavy atom.